The van der Waals surface area contributed by atoms with Gasteiger partial charge in [-0.25, -0.2) is 0 Å². The summed E-state index contributed by atoms with van der Waals surface area (Å²) in [5, 5.41) is 3.36. The number of anilines is 1. The van der Waals surface area contributed by atoms with Crippen LogP contribution < -0.4 is 15.0 Å². The highest BCUT2D eigenvalue weighted by molar-refractivity contribution is 5.80. The molecule has 0 amide bonds. The van der Waals surface area contributed by atoms with E-state index in [9.17, 15) is 0 Å². The van der Waals surface area contributed by atoms with E-state index in [1.165, 1.54) is 5.69 Å². The summed E-state index contributed by atoms with van der Waals surface area (Å²) in [5.74, 6) is 2.72. The first-order chi connectivity index (χ1) is 11.8. The van der Waals surface area contributed by atoms with Crippen molar-refractivity contribution in [2.45, 2.75) is 6.54 Å². The highest BCUT2D eigenvalue weighted by Gasteiger charge is 2.20. The molecule has 1 aromatic heterocycles. The number of methoxy groups -OCH3 is 1. The van der Waals surface area contributed by atoms with Gasteiger partial charge in [-0.2, -0.15) is 0 Å². The van der Waals surface area contributed by atoms with Crippen molar-refractivity contribution in [2.75, 3.05) is 45.2 Å². The van der Waals surface area contributed by atoms with Gasteiger partial charge in [-0.3, -0.25) is 4.99 Å². The number of nitrogens with zero attached hydrogens (tertiary/aromatic N) is 3. The van der Waals surface area contributed by atoms with Crippen LogP contribution in [0.5, 0.6) is 5.75 Å². The Balaban J connectivity index is 1.55. The van der Waals surface area contributed by atoms with E-state index in [1.807, 2.05) is 31.3 Å². The summed E-state index contributed by atoms with van der Waals surface area (Å²) < 4.78 is 10.7. The third-order valence-corrected chi connectivity index (χ3v) is 4.21. The molecule has 1 saturated heterocycles. The third-order valence-electron chi connectivity index (χ3n) is 4.21. The second-order valence-corrected chi connectivity index (χ2v) is 5.66. The van der Waals surface area contributed by atoms with Crippen LogP contribution in [0.1, 0.15) is 5.76 Å². The van der Waals surface area contributed by atoms with Gasteiger partial charge in [-0.05, 0) is 24.3 Å². The highest BCUT2D eigenvalue weighted by Crippen LogP contribution is 2.22. The molecule has 6 heteroatoms. The first-order valence-electron chi connectivity index (χ1n) is 8.17. The lowest BCUT2D eigenvalue weighted by Crippen LogP contribution is -2.52. The number of furan rings is 1. The summed E-state index contributed by atoms with van der Waals surface area (Å²) in [6, 6.07) is 12.1. The number of guanidine groups is 1. The number of nitrogens with one attached hydrogen (secondary N) is 1. The molecule has 0 spiro atoms. The Kier molecular flexibility index (Phi) is 5.25. The molecule has 0 atom stereocenters. The van der Waals surface area contributed by atoms with E-state index in [2.05, 4.69) is 32.2 Å². The van der Waals surface area contributed by atoms with E-state index >= 15 is 0 Å². The topological polar surface area (TPSA) is 53.2 Å². The van der Waals surface area contributed by atoms with Gasteiger partial charge in [0.15, 0.2) is 5.96 Å². The van der Waals surface area contributed by atoms with Crippen LogP contribution in [0.4, 0.5) is 5.69 Å². The molecular formula is C18H24N4O2. The van der Waals surface area contributed by atoms with Crippen molar-refractivity contribution in [3.8, 4) is 5.75 Å². The van der Waals surface area contributed by atoms with Crippen LogP contribution in [0.3, 0.4) is 0 Å². The van der Waals surface area contributed by atoms with Crippen molar-refractivity contribution in [2.24, 2.45) is 4.99 Å². The zero-order valence-corrected chi connectivity index (χ0v) is 14.2. The van der Waals surface area contributed by atoms with Crippen LogP contribution in [0, 0.1) is 0 Å². The van der Waals surface area contributed by atoms with Crippen molar-refractivity contribution in [1.29, 1.82) is 0 Å². The van der Waals surface area contributed by atoms with Crippen LogP contribution in [0.15, 0.2) is 52.1 Å². The molecule has 1 aromatic carbocycles. The molecule has 2 aromatic rings. The SMILES string of the molecule is CN=C(NCc1ccco1)N1CCN(c2cccc(OC)c2)CC1. The Morgan fingerprint density at radius 2 is 2.04 bits per heavy atom. The standard InChI is InChI=1S/C18H24N4O2/c1-19-18(20-14-17-7-4-12-24-17)22-10-8-21(9-11-22)15-5-3-6-16(13-15)23-2/h3-7,12-13H,8-11,14H2,1-2H3,(H,19,20). The summed E-state index contributed by atoms with van der Waals surface area (Å²) in [6.45, 7) is 4.41. The maximum absolute atomic E-state index is 5.36. The molecule has 0 unspecified atom stereocenters. The molecule has 6 nitrogen and oxygen atoms in total. The molecule has 1 aliphatic rings. The summed E-state index contributed by atoms with van der Waals surface area (Å²) in [6.07, 6.45) is 1.69. The van der Waals surface area contributed by atoms with Gasteiger partial charge in [-0.1, -0.05) is 6.07 Å². The van der Waals surface area contributed by atoms with Gasteiger partial charge >= 0.3 is 0 Å². The Morgan fingerprint density at radius 3 is 2.71 bits per heavy atom. The predicted octanol–water partition coefficient (Wildman–Crippen LogP) is 2.19. The molecule has 1 N–H and O–H groups in total. The van der Waals surface area contributed by atoms with Crippen LogP contribution in [-0.2, 0) is 6.54 Å². The van der Waals surface area contributed by atoms with Gasteiger partial charge < -0.3 is 24.3 Å². The van der Waals surface area contributed by atoms with Gasteiger partial charge in [0.2, 0.25) is 0 Å². The Labute approximate surface area is 142 Å². The van der Waals surface area contributed by atoms with Crippen molar-refractivity contribution < 1.29 is 9.15 Å². The molecule has 2 heterocycles. The minimum atomic E-state index is 0.649. The van der Waals surface area contributed by atoms with Gasteiger partial charge in [0, 0.05) is 45.0 Å². The van der Waals surface area contributed by atoms with Gasteiger partial charge in [0.25, 0.3) is 0 Å². The number of benzene rings is 1. The number of piperazine rings is 1. The van der Waals surface area contributed by atoms with Crippen molar-refractivity contribution in [1.82, 2.24) is 10.2 Å². The third kappa shape index (κ3) is 3.82. The monoisotopic (exact) mass is 328 g/mol. The maximum atomic E-state index is 5.36. The number of rotatable bonds is 4. The lowest BCUT2D eigenvalue weighted by atomic mass is 10.2. The zero-order valence-electron chi connectivity index (χ0n) is 14.2. The van der Waals surface area contributed by atoms with Gasteiger partial charge in [-0.15, -0.1) is 0 Å². The number of hydrogen-bond donors (Lipinski definition) is 1. The highest BCUT2D eigenvalue weighted by atomic mass is 16.5. The molecule has 1 fully saturated rings. The molecule has 0 bridgehead atoms. The van der Waals surface area contributed by atoms with E-state index in [1.54, 1.807) is 13.4 Å². The number of aliphatic imine (C=N–C) groups is 1. The summed E-state index contributed by atoms with van der Waals surface area (Å²) in [7, 11) is 3.52. The fourth-order valence-corrected chi connectivity index (χ4v) is 2.90. The molecule has 24 heavy (non-hydrogen) atoms. The van der Waals surface area contributed by atoms with Crippen molar-refractivity contribution >= 4 is 11.6 Å². The van der Waals surface area contributed by atoms with E-state index in [0.717, 1.165) is 43.6 Å². The van der Waals surface area contributed by atoms with Gasteiger partial charge in [0.1, 0.15) is 11.5 Å². The summed E-state index contributed by atoms with van der Waals surface area (Å²) in [5.41, 5.74) is 1.20. The molecule has 0 saturated carbocycles. The minimum absolute atomic E-state index is 0.649. The lowest BCUT2D eigenvalue weighted by Gasteiger charge is -2.37. The predicted molar refractivity (Wildman–Crippen MR) is 95.7 cm³/mol. The Hall–Kier alpha value is -2.63. The second-order valence-electron chi connectivity index (χ2n) is 5.66. The first-order valence-corrected chi connectivity index (χ1v) is 8.17. The van der Waals surface area contributed by atoms with Crippen LogP contribution >= 0.6 is 0 Å². The van der Waals surface area contributed by atoms with E-state index in [-0.39, 0.29) is 0 Å². The summed E-state index contributed by atoms with van der Waals surface area (Å²) >= 11 is 0. The van der Waals surface area contributed by atoms with E-state index in [0.29, 0.717) is 6.54 Å². The van der Waals surface area contributed by atoms with Crippen molar-refractivity contribution in [3.63, 3.8) is 0 Å². The molecule has 1 aliphatic heterocycles. The fourth-order valence-electron chi connectivity index (χ4n) is 2.90. The normalized spacial score (nSPS) is 15.5. The second kappa shape index (κ2) is 7.77. The smallest absolute Gasteiger partial charge is 0.194 e. The maximum Gasteiger partial charge on any atom is 0.194 e. The molecule has 3 rings (SSSR count). The van der Waals surface area contributed by atoms with E-state index in [4.69, 9.17) is 9.15 Å². The van der Waals surface area contributed by atoms with E-state index < -0.39 is 0 Å². The number of ether oxygens (including phenoxy) is 1. The molecule has 0 radical (unpaired) electrons. The molecule has 0 aliphatic carbocycles. The zero-order chi connectivity index (χ0) is 16.8. The largest absolute Gasteiger partial charge is 0.497 e. The van der Waals surface area contributed by atoms with Crippen LogP contribution in [0.2, 0.25) is 0 Å². The number of hydrogen-bond acceptors (Lipinski definition) is 4. The molecule has 128 valence electrons. The lowest BCUT2D eigenvalue weighted by molar-refractivity contribution is 0.369. The minimum Gasteiger partial charge on any atom is -0.497 e. The van der Waals surface area contributed by atoms with Crippen LogP contribution in [0.25, 0.3) is 0 Å². The first kappa shape index (κ1) is 16.2. The summed E-state index contributed by atoms with van der Waals surface area (Å²) in [4.78, 5) is 9.04. The Morgan fingerprint density at radius 1 is 1.21 bits per heavy atom. The average Bonchev–Trinajstić information content (AvgIpc) is 3.16. The van der Waals surface area contributed by atoms with Crippen LogP contribution in [-0.4, -0.2) is 51.2 Å². The quantitative estimate of drug-likeness (QED) is 0.689. The molecular weight excluding hydrogens is 304 g/mol. The Bertz CT molecular complexity index is 661. The fraction of sp³-hybridized carbons (Fsp3) is 0.389. The van der Waals surface area contributed by atoms with Gasteiger partial charge in [0.05, 0.1) is 19.9 Å². The van der Waals surface area contributed by atoms with Crippen molar-refractivity contribution in [3.05, 3.63) is 48.4 Å². The average molecular weight is 328 g/mol.